The lowest BCUT2D eigenvalue weighted by Crippen LogP contribution is -2.13. The lowest BCUT2D eigenvalue weighted by molar-refractivity contribution is -0.134. The number of para-hydroxylation sites is 2. The van der Waals surface area contributed by atoms with Crippen molar-refractivity contribution in [1.29, 1.82) is 0 Å². The number of aliphatic imine (C=N–C) groups is 1. The van der Waals surface area contributed by atoms with Crippen LogP contribution in [0.15, 0.2) is 211 Å². The van der Waals surface area contributed by atoms with E-state index in [1.165, 1.54) is 30.3 Å². The summed E-state index contributed by atoms with van der Waals surface area (Å²) in [5.74, 6) is 1.61. The quantitative estimate of drug-likeness (QED) is 0.00894. The molecule has 508 valence electrons. The lowest BCUT2D eigenvalue weighted by Gasteiger charge is -2.10. The Balaban J connectivity index is 0.000000305. The van der Waals surface area contributed by atoms with E-state index in [9.17, 15) is 54.6 Å². The van der Waals surface area contributed by atoms with E-state index >= 15 is 0 Å². The molecule has 9 aromatic rings. The number of hydrogen-bond acceptors (Lipinski definition) is 19. The van der Waals surface area contributed by atoms with Gasteiger partial charge < -0.3 is 66.9 Å². The average Bonchev–Trinajstić information content (AvgIpc) is 0.850. The summed E-state index contributed by atoms with van der Waals surface area (Å²) in [6, 6.07) is 57.4. The van der Waals surface area contributed by atoms with Gasteiger partial charge in [0, 0.05) is 66.2 Å². The normalized spacial score (nSPS) is 10.1. The molecule has 9 rings (SSSR count). The van der Waals surface area contributed by atoms with Crippen molar-refractivity contribution in [1.82, 2.24) is 0 Å². The van der Waals surface area contributed by atoms with Gasteiger partial charge in [-0.25, -0.2) is 9.64 Å². The van der Waals surface area contributed by atoms with Crippen molar-refractivity contribution in [2.75, 3.05) is 13.1 Å². The molecule has 0 aliphatic carbocycles. The molecule has 0 spiro atoms. The van der Waals surface area contributed by atoms with Crippen LogP contribution < -0.4 is 20.9 Å². The van der Waals surface area contributed by atoms with Crippen LogP contribution in [0.25, 0.3) is 4.85 Å². The number of esters is 1. The van der Waals surface area contributed by atoms with Crippen molar-refractivity contribution < 1.29 is 79.4 Å². The summed E-state index contributed by atoms with van der Waals surface area (Å²) in [6.45, 7) is 14.0. The number of aryl methyl sites for hydroxylation is 3. The van der Waals surface area contributed by atoms with E-state index in [1.807, 2.05) is 55.5 Å². The van der Waals surface area contributed by atoms with E-state index < -0.39 is 5.43 Å². The molecule has 0 aliphatic heterocycles. The van der Waals surface area contributed by atoms with Gasteiger partial charge in [0.2, 0.25) is 0 Å². The number of phenols is 9. The summed E-state index contributed by atoms with van der Waals surface area (Å²) in [5, 5.41) is 84.0. The third-order valence-corrected chi connectivity index (χ3v) is 13.6. The van der Waals surface area contributed by atoms with Crippen LogP contribution in [-0.4, -0.2) is 93.5 Å². The van der Waals surface area contributed by atoms with Gasteiger partial charge in [0.05, 0.1) is 25.2 Å². The summed E-state index contributed by atoms with van der Waals surface area (Å²) in [4.78, 5) is 63.4. The van der Waals surface area contributed by atoms with Gasteiger partial charge in [-0.05, 0) is 171 Å². The molecule has 20 nitrogen and oxygen atoms in total. The maximum Gasteiger partial charge on any atom is 0.409 e. The third-order valence-electron chi connectivity index (χ3n) is 13.5. The smallest absolute Gasteiger partial charge is 0.409 e. The summed E-state index contributed by atoms with van der Waals surface area (Å²) in [5.41, 5.74) is 16.1. The molecule has 0 fully saturated rings. The van der Waals surface area contributed by atoms with Crippen molar-refractivity contribution in [3.05, 3.63) is 262 Å². The molecule has 0 heterocycles. The summed E-state index contributed by atoms with van der Waals surface area (Å²) >= 11 is 4.95. The van der Waals surface area contributed by atoms with E-state index in [4.69, 9.17) is 49.7 Å². The summed E-state index contributed by atoms with van der Waals surface area (Å²) in [7, 11) is 0. The van der Waals surface area contributed by atoms with E-state index in [0.29, 0.717) is 97.5 Å². The topological polar surface area (TPSA) is 355 Å². The summed E-state index contributed by atoms with van der Waals surface area (Å²) in [6.07, 6.45) is 3.73. The van der Waals surface area contributed by atoms with Crippen LogP contribution in [0.4, 0.5) is 10.5 Å². The molecule has 21 heteroatoms. The molecule has 0 aromatic heterocycles. The molecule has 0 amide bonds. The van der Waals surface area contributed by atoms with Crippen molar-refractivity contribution >= 4 is 51.7 Å². The number of ketones is 3. The van der Waals surface area contributed by atoms with Gasteiger partial charge in [-0.2, -0.15) is 0 Å². The largest absolute Gasteiger partial charge is 0.509 e. The Labute approximate surface area is 569 Å². The Morgan fingerprint density at radius 3 is 1.26 bits per heavy atom. The number of nitrogens with zero attached hydrogens (tertiary/aromatic N) is 2. The molecule has 0 atom stereocenters. The number of benzene rings is 9. The number of rotatable bonds is 19. The average molecular weight is 1340 g/mol. The number of aromatic hydroxyl groups is 9. The van der Waals surface area contributed by atoms with Crippen molar-refractivity contribution in [3.63, 3.8) is 0 Å². The molecule has 9 aromatic carbocycles. The Hall–Kier alpha value is -11.5. The number of Topliss-reactive ketones (excluding diaryl/α,β-unsaturated/α-hetero) is 3. The van der Waals surface area contributed by atoms with Gasteiger partial charge in [0.15, 0.2) is 17.3 Å². The Bertz CT molecular complexity index is 4030. The molecule has 0 saturated heterocycles. The molecule has 13 N–H and O–H groups in total. The number of ether oxygens (including phenoxy) is 2. The molecular weight excluding hydrogens is 1260 g/mol. The second-order valence-corrected chi connectivity index (χ2v) is 21.2. The van der Waals surface area contributed by atoms with Crippen molar-refractivity contribution in [2.45, 2.75) is 85.6 Å². The van der Waals surface area contributed by atoms with Crippen LogP contribution in [0.1, 0.15) is 95.3 Å². The maximum absolute atomic E-state index is 12.1. The minimum atomic E-state index is -0.814. The van der Waals surface area contributed by atoms with Gasteiger partial charge >= 0.3 is 11.4 Å². The van der Waals surface area contributed by atoms with Crippen LogP contribution in [0.5, 0.6) is 63.2 Å². The minimum absolute atomic E-state index is 0.00477. The fourth-order valence-corrected chi connectivity index (χ4v) is 8.32. The number of nitrogens with two attached hydrogens (primary N) is 2. The number of carbonyl (C=O) groups is 5. The Morgan fingerprint density at radius 2 is 0.866 bits per heavy atom. The van der Waals surface area contributed by atoms with Gasteiger partial charge in [-0.1, -0.05) is 111 Å². The van der Waals surface area contributed by atoms with Crippen LogP contribution in [0.3, 0.4) is 0 Å². The van der Waals surface area contributed by atoms with Gasteiger partial charge in [-0.15, -0.1) is 0 Å². The predicted molar refractivity (Wildman–Crippen MR) is 374 cm³/mol. The first-order chi connectivity index (χ1) is 46.4. The van der Waals surface area contributed by atoms with E-state index in [-0.39, 0.29) is 93.7 Å². The fraction of sp³-hybridized carbons (Fsp3) is 0.197. The fourth-order valence-electron chi connectivity index (χ4n) is 8.23. The number of phenolic OH excluding ortho intramolecular Hbond substituents is 9. The first-order valence-corrected chi connectivity index (χ1v) is 30.8. The molecular formula is C76H81ClN4O16. The second kappa shape index (κ2) is 44.2. The van der Waals surface area contributed by atoms with E-state index in [0.717, 1.165) is 22.3 Å². The number of halogens is 1. The Kier molecular flexibility index (Phi) is 36.3. The highest BCUT2D eigenvalue weighted by molar-refractivity contribution is 6.61. The van der Waals surface area contributed by atoms with Gasteiger partial charge in [0.1, 0.15) is 69.0 Å². The highest BCUT2D eigenvalue weighted by Crippen LogP contribution is 2.32. The minimum Gasteiger partial charge on any atom is -0.509 e. The van der Waals surface area contributed by atoms with Crippen LogP contribution >= 0.6 is 11.6 Å². The van der Waals surface area contributed by atoms with Crippen LogP contribution in [0, 0.1) is 20.4 Å². The molecule has 0 radical (unpaired) electrons. The first kappa shape index (κ1) is 79.7. The first-order valence-electron chi connectivity index (χ1n) is 30.4. The molecule has 0 saturated carbocycles. The zero-order chi connectivity index (χ0) is 71.7. The predicted octanol–water partition coefficient (Wildman–Crippen LogP) is 14.5. The van der Waals surface area contributed by atoms with Crippen molar-refractivity contribution in [3.8, 4) is 63.2 Å². The van der Waals surface area contributed by atoms with E-state index in [1.54, 1.807) is 148 Å². The SMILES string of the molecule is CCC(=NCC(=O)CCc1cccc(O)c1)c1ccc(O)c(C)c1O.CCC(=O)c1ccc(O)c(C)c1O.NCC(=O)CCc1cccc(O)c1.NCc1cccc(O)c1.O=C(CCc1cccc(O)c1)Oc1ccccc1.O=C(Cl)Oc1ccccc1.[C-]#[N+]c1cccc(O)c1. The molecule has 0 aliphatic rings. The zero-order valence-corrected chi connectivity index (χ0v) is 55.0. The van der Waals surface area contributed by atoms with Crippen LogP contribution in [0.2, 0.25) is 0 Å². The zero-order valence-electron chi connectivity index (χ0n) is 54.2. The number of carbonyl (C=O) groups excluding carboxylic acids is 5. The standard InChI is InChI=1S/C20H23NO4.C15H14O3.C10H13NO2.C10H12O3.C7H5ClO2.C7H5NO.C7H9NO/c1-3-18(17-9-10-19(24)13(2)20(17)25)21-12-16(23)8-7-14-5-4-6-15(22)11-14;16-13-6-4-5-12(11-13)9-10-15(17)18-14-7-2-1-3-8-14;11-7-10(13)5-4-8-2-1-3-9(12)6-8;1-3-8(11)7-4-5-9(12)6(2)10(7)13;8-7(9)10-6-4-2-1-3-5-6;1-8-6-3-2-4-7(9)5-6;8-5-6-2-1-3-7(9)4-6/h4-6,9-11,22,24-25H,3,7-8,12H2,1-2H3;1-8,11,16H,9-10H2;1-3,6,12H,4-5,7,11H2;4-5,12-13H,3H2,1-2H3;1-5H;2-5,9H;1-4,9H,5,8H2. The third kappa shape index (κ3) is 31.8. The maximum atomic E-state index is 12.1. The summed E-state index contributed by atoms with van der Waals surface area (Å²) < 4.78 is 9.71. The second-order valence-electron chi connectivity index (χ2n) is 20.8. The molecule has 0 unspecified atom stereocenters. The highest BCUT2D eigenvalue weighted by Gasteiger charge is 2.15. The number of hydrogen-bond donors (Lipinski definition) is 11. The van der Waals surface area contributed by atoms with Crippen LogP contribution in [-0.2, 0) is 40.2 Å². The highest BCUT2D eigenvalue weighted by atomic mass is 35.5. The lowest BCUT2D eigenvalue weighted by atomic mass is 10.0. The van der Waals surface area contributed by atoms with E-state index in [2.05, 4.69) is 14.6 Å². The molecule has 0 bridgehead atoms. The van der Waals surface area contributed by atoms with Gasteiger partial charge in [0.25, 0.3) is 0 Å². The van der Waals surface area contributed by atoms with Crippen molar-refractivity contribution in [2.24, 2.45) is 16.5 Å². The Morgan fingerprint density at radius 1 is 0.464 bits per heavy atom. The molecule has 97 heavy (non-hydrogen) atoms. The van der Waals surface area contributed by atoms with Gasteiger partial charge in [-0.3, -0.25) is 24.2 Å². The monoisotopic (exact) mass is 1340 g/mol.